The molecular formula is C23H18N4O4S. The van der Waals surface area contributed by atoms with Crippen molar-refractivity contribution in [1.82, 2.24) is 10.2 Å². The van der Waals surface area contributed by atoms with Crippen molar-refractivity contribution in [3.05, 3.63) is 83.9 Å². The highest BCUT2D eigenvalue weighted by molar-refractivity contribution is 7.18. The van der Waals surface area contributed by atoms with Crippen molar-refractivity contribution in [2.45, 2.75) is 0 Å². The van der Waals surface area contributed by atoms with Gasteiger partial charge < -0.3 is 15.2 Å². The number of aromatic nitrogens is 2. The molecule has 160 valence electrons. The summed E-state index contributed by atoms with van der Waals surface area (Å²) in [6.45, 7) is 0. The molecule has 9 heteroatoms. The third kappa shape index (κ3) is 4.57. The Morgan fingerprint density at radius 2 is 1.50 bits per heavy atom. The first-order chi connectivity index (χ1) is 15.5. The summed E-state index contributed by atoms with van der Waals surface area (Å²) in [5.41, 5.74) is 1.51. The van der Waals surface area contributed by atoms with Crippen molar-refractivity contribution >= 4 is 34.0 Å². The summed E-state index contributed by atoms with van der Waals surface area (Å²) in [5, 5.41) is 24.4. The molecule has 2 amide bonds. The molecule has 3 aromatic carbocycles. The number of nitrogens with zero attached hydrogens (tertiary/aromatic N) is 2. The number of carbonyl (C=O) groups excluding carboxylic acids is 2. The number of carbonyl (C=O) groups is 2. The fraction of sp³-hybridized carbons (Fsp3) is 0.0435. The second-order valence-corrected chi connectivity index (χ2v) is 7.59. The summed E-state index contributed by atoms with van der Waals surface area (Å²) in [6.07, 6.45) is 0. The maximum atomic E-state index is 12.9. The number of para-hydroxylation sites is 2. The lowest BCUT2D eigenvalue weighted by atomic mass is 10.1. The van der Waals surface area contributed by atoms with Crippen LogP contribution in [0.1, 0.15) is 20.7 Å². The van der Waals surface area contributed by atoms with Crippen LogP contribution in [0, 0.1) is 0 Å². The number of phenols is 1. The maximum Gasteiger partial charge on any atom is 0.259 e. The van der Waals surface area contributed by atoms with Crippen LogP contribution < -0.4 is 15.4 Å². The highest BCUT2D eigenvalue weighted by Gasteiger charge is 2.17. The number of phenolic OH excluding ortho intramolecular Hbond substituents is 1. The summed E-state index contributed by atoms with van der Waals surface area (Å²) < 4.78 is 5.15. The Bertz CT molecular complexity index is 1270. The fourth-order valence-corrected chi connectivity index (χ4v) is 3.68. The van der Waals surface area contributed by atoms with E-state index in [1.54, 1.807) is 43.5 Å². The van der Waals surface area contributed by atoms with E-state index in [0.29, 0.717) is 15.8 Å². The number of anilines is 2. The van der Waals surface area contributed by atoms with E-state index in [2.05, 4.69) is 20.8 Å². The van der Waals surface area contributed by atoms with Crippen molar-refractivity contribution < 1.29 is 19.4 Å². The second kappa shape index (κ2) is 9.27. The van der Waals surface area contributed by atoms with Crippen molar-refractivity contribution in [2.24, 2.45) is 0 Å². The van der Waals surface area contributed by atoms with Crippen LogP contribution in [-0.4, -0.2) is 34.2 Å². The molecule has 0 saturated carbocycles. The molecule has 0 unspecified atom stereocenters. The van der Waals surface area contributed by atoms with Crippen LogP contribution >= 0.6 is 11.3 Å². The first kappa shape index (κ1) is 21.0. The summed E-state index contributed by atoms with van der Waals surface area (Å²) in [5.74, 6) is -0.391. The quantitative estimate of drug-likeness (QED) is 0.404. The standard InChI is InChI=1S/C23H18N4O4S/c1-31-15-12-10-14(11-13-15)22-26-27-23(32-22)25-20(29)16-6-2-4-8-18(16)24-21(30)17-7-3-5-9-19(17)28/h2-13,28H,1H3,(H,24,30)(H,25,27,29). The number of hydrogen-bond donors (Lipinski definition) is 3. The van der Waals surface area contributed by atoms with E-state index in [1.807, 2.05) is 24.3 Å². The molecule has 4 rings (SSSR count). The van der Waals surface area contributed by atoms with Crippen molar-refractivity contribution in [3.63, 3.8) is 0 Å². The van der Waals surface area contributed by atoms with Crippen molar-refractivity contribution in [3.8, 4) is 22.1 Å². The molecule has 0 aliphatic rings. The van der Waals surface area contributed by atoms with E-state index in [9.17, 15) is 14.7 Å². The van der Waals surface area contributed by atoms with E-state index in [4.69, 9.17) is 4.74 Å². The molecule has 0 radical (unpaired) electrons. The molecule has 0 spiro atoms. The van der Waals surface area contributed by atoms with Crippen LogP contribution in [-0.2, 0) is 0 Å². The minimum atomic E-state index is -0.527. The van der Waals surface area contributed by atoms with Crippen LogP contribution in [0.25, 0.3) is 10.6 Å². The Hall–Kier alpha value is -4.24. The lowest BCUT2D eigenvalue weighted by molar-refractivity contribution is 0.102. The zero-order chi connectivity index (χ0) is 22.5. The maximum absolute atomic E-state index is 12.9. The van der Waals surface area contributed by atoms with Crippen LogP contribution in [0.15, 0.2) is 72.8 Å². The van der Waals surface area contributed by atoms with Gasteiger partial charge in [0.15, 0.2) is 0 Å². The molecular weight excluding hydrogens is 428 g/mol. The lowest BCUT2D eigenvalue weighted by Crippen LogP contribution is -2.18. The molecule has 1 aromatic heterocycles. The minimum Gasteiger partial charge on any atom is -0.507 e. The summed E-state index contributed by atoms with van der Waals surface area (Å²) >= 11 is 1.23. The SMILES string of the molecule is COc1ccc(-c2nnc(NC(=O)c3ccccc3NC(=O)c3ccccc3O)s2)cc1. The van der Waals surface area contributed by atoms with Gasteiger partial charge in [0, 0.05) is 5.56 Å². The van der Waals surface area contributed by atoms with E-state index in [1.165, 1.54) is 23.5 Å². The van der Waals surface area contributed by atoms with Crippen LogP contribution in [0.5, 0.6) is 11.5 Å². The Balaban J connectivity index is 1.50. The molecule has 0 bridgehead atoms. The Kier molecular flexibility index (Phi) is 6.09. The molecule has 32 heavy (non-hydrogen) atoms. The molecule has 8 nitrogen and oxygen atoms in total. The highest BCUT2D eigenvalue weighted by Crippen LogP contribution is 2.28. The number of rotatable bonds is 6. The number of nitrogens with one attached hydrogen (secondary N) is 2. The van der Waals surface area contributed by atoms with E-state index in [-0.39, 0.29) is 16.9 Å². The van der Waals surface area contributed by atoms with Gasteiger partial charge in [-0.15, -0.1) is 10.2 Å². The molecule has 0 aliphatic heterocycles. The second-order valence-electron chi connectivity index (χ2n) is 6.61. The number of aromatic hydroxyl groups is 1. The van der Waals surface area contributed by atoms with E-state index >= 15 is 0 Å². The van der Waals surface area contributed by atoms with Gasteiger partial charge in [-0.1, -0.05) is 35.6 Å². The normalized spacial score (nSPS) is 10.4. The van der Waals surface area contributed by atoms with Gasteiger partial charge in [-0.05, 0) is 48.5 Å². The van der Waals surface area contributed by atoms with Gasteiger partial charge in [-0.25, -0.2) is 0 Å². The first-order valence-electron chi connectivity index (χ1n) is 9.53. The smallest absolute Gasteiger partial charge is 0.259 e. The number of benzene rings is 3. The van der Waals surface area contributed by atoms with Crippen molar-refractivity contribution in [2.75, 3.05) is 17.7 Å². The van der Waals surface area contributed by atoms with Gasteiger partial charge in [0.25, 0.3) is 11.8 Å². The Morgan fingerprint density at radius 3 is 2.22 bits per heavy atom. The zero-order valence-electron chi connectivity index (χ0n) is 16.9. The molecule has 0 saturated heterocycles. The molecule has 0 atom stereocenters. The minimum absolute atomic E-state index is 0.107. The van der Waals surface area contributed by atoms with Crippen molar-refractivity contribution in [1.29, 1.82) is 0 Å². The van der Waals surface area contributed by atoms with Gasteiger partial charge in [-0.3, -0.25) is 14.9 Å². The van der Waals surface area contributed by atoms with Crippen LogP contribution in [0.2, 0.25) is 0 Å². The average molecular weight is 446 g/mol. The predicted molar refractivity (Wildman–Crippen MR) is 122 cm³/mol. The van der Waals surface area contributed by atoms with E-state index in [0.717, 1.165) is 11.3 Å². The zero-order valence-corrected chi connectivity index (χ0v) is 17.7. The fourth-order valence-electron chi connectivity index (χ4n) is 2.93. The van der Waals surface area contributed by atoms with Crippen LogP contribution in [0.3, 0.4) is 0 Å². The first-order valence-corrected chi connectivity index (χ1v) is 10.3. The monoisotopic (exact) mass is 446 g/mol. The number of hydrogen-bond acceptors (Lipinski definition) is 7. The molecule has 0 aliphatic carbocycles. The van der Waals surface area contributed by atoms with Gasteiger partial charge in [0.05, 0.1) is 23.9 Å². The molecule has 4 aromatic rings. The lowest BCUT2D eigenvalue weighted by Gasteiger charge is -2.11. The summed E-state index contributed by atoms with van der Waals surface area (Å²) in [4.78, 5) is 25.4. The Labute approximate surface area is 187 Å². The van der Waals surface area contributed by atoms with Gasteiger partial charge >= 0.3 is 0 Å². The van der Waals surface area contributed by atoms with Crippen LogP contribution in [0.4, 0.5) is 10.8 Å². The van der Waals surface area contributed by atoms with Gasteiger partial charge in [-0.2, -0.15) is 0 Å². The third-order valence-corrected chi connectivity index (χ3v) is 5.44. The van der Waals surface area contributed by atoms with E-state index < -0.39 is 11.8 Å². The largest absolute Gasteiger partial charge is 0.507 e. The number of amides is 2. The third-order valence-electron chi connectivity index (χ3n) is 4.55. The molecule has 3 N–H and O–H groups in total. The predicted octanol–water partition coefficient (Wildman–Crippen LogP) is 4.42. The summed E-state index contributed by atoms with van der Waals surface area (Å²) in [7, 11) is 1.59. The molecule has 1 heterocycles. The summed E-state index contributed by atoms with van der Waals surface area (Å²) in [6, 6.07) is 20.1. The Morgan fingerprint density at radius 1 is 0.844 bits per heavy atom. The van der Waals surface area contributed by atoms with Gasteiger partial charge in [0.1, 0.15) is 16.5 Å². The number of methoxy groups -OCH3 is 1. The highest BCUT2D eigenvalue weighted by atomic mass is 32.1. The topological polar surface area (TPSA) is 113 Å². The molecule has 0 fully saturated rings. The average Bonchev–Trinajstić information content (AvgIpc) is 3.28. The number of ether oxygens (including phenoxy) is 1. The van der Waals surface area contributed by atoms with Gasteiger partial charge in [0.2, 0.25) is 5.13 Å².